The van der Waals surface area contributed by atoms with Gasteiger partial charge in [0.1, 0.15) is 0 Å². The van der Waals surface area contributed by atoms with Gasteiger partial charge in [0.05, 0.1) is 10.1 Å². The molecule has 100 valence electrons. The summed E-state index contributed by atoms with van der Waals surface area (Å²) in [5, 5.41) is -0.552. The van der Waals surface area contributed by atoms with E-state index in [1.165, 1.54) is 0 Å². The van der Waals surface area contributed by atoms with Crippen LogP contribution in [0, 0.1) is 6.92 Å². The van der Waals surface area contributed by atoms with Gasteiger partial charge in [0.2, 0.25) is 0 Å². The van der Waals surface area contributed by atoms with E-state index in [2.05, 4.69) is 15.9 Å². The summed E-state index contributed by atoms with van der Waals surface area (Å²) in [4.78, 5) is 0.369. The van der Waals surface area contributed by atoms with Gasteiger partial charge in [-0.25, -0.2) is 8.42 Å². The fourth-order valence-corrected chi connectivity index (χ4v) is 3.55. The van der Waals surface area contributed by atoms with E-state index in [4.69, 9.17) is 0 Å². The van der Waals surface area contributed by atoms with E-state index >= 15 is 0 Å². The van der Waals surface area contributed by atoms with E-state index in [9.17, 15) is 8.42 Å². The van der Waals surface area contributed by atoms with Gasteiger partial charge in [0.25, 0.3) is 0 Å². The van der Waals surface area contributed by atoms with Crippen LogP contribution in [0.2, 0.25) is 0 Å². The first-order valence-corrected chi connectivity index (χ1v) is 8.31. The maximum Gasteiger partial charge on any atom is 0.185 e. The minimum absolute atomic E-state index is 0.369. The molecule has 0 spiro atoms. The number of rotatable bonds is 3. The maximum absolute atomic E-state index is 12.5. The van der Waals surface area contributed by atoms with E-state index in [0.717, 1.165) is 15.6 Å². The normalized spacial score (nSPS) is 13.2. The lowest BCUT2D eigenvalue weighted by atomic mass is 10.2. The van der Waals surface area contributed by atoms with Gasteiger partial charge in [-0.3, -0.25) is 0 Å². The third kappa shape index (κ3) is 3.07. The van der Waals surface area contributed by atoms with Crippen molar-refractivity contribution in [2.45, 2.75) is 24.0 Å². The van der Waals surface area contributed by atoms with Crippen molar-refractivity contribution in [2.75, 3.05) is 0 Å². The van der Waals surface area contributed by atoms with Gasteiger partial charge in [-0.15, -0.1) is 0 Å². The highest BCUT2D eigenvalue weighted by atomic mass is 79.9. The van der Waals surface area contributed by atoms with Gasteiger partial charge in [-0.2, -0.15) is 0 Å². The van der Waals surface area contributed by atoms with Crippen LogP contribution in [-0.4, -0.2) is 8.42 Å². The average Bonchev–Trinajstić information content (AvgIpc) is 2.39. The smallest absolute Gasteiger partial charge is 0.185 e. The van der Waals surface area contributed by atoms with E-state index in [1.807, 2.05) is 43.3 Å². The molecule has 0 aliphatic heterocycles. The fourth-order valence-electron chi connectivity index (χ4n) is 1.85. The summed E-state index contributed by atoms with van der Waals surface area (Å²) in [6.45, 7) is 3.66. The first-order chi connectivity index (χ1) is 8.91. The van der Waals surface area contributed by atoms with E-state index < -0.39 is 15.1 Å². The fraction of sp³-hybridized carbons (Fsp3) is 0.200. The highest BCUT2D eigenvalue weighted by Crippen LogP contribution is 2.29. The van der Waals surface area contributed by atoms with E-state index in [0.29, 0.717) is 4.90 Å². The number of hydrogen-bond acceptors (Lipinski definition) is 2. The minimum atomic E-state index is -3.34. The molecule has 0 heterocycles. The molecule has 0 bridgehead atoms. The van der Waals surface area contributed by atoms with Gasteiger partial charge >= 0.3 is 0 Å². The predicted molar refractivity (Wildman–Crippen MR) is 80.9 cm³/mol. The second kappa shape index (κ2) is 5.47. The highest BCUT2D eigenvalue weighted by Gasteiger charge is 2.24. The molecule has 4 heteroatoms. The first kappa shape index (κ1) is 14.3. The van der Waals surface area contributed by atoms with Crippen molar-refractivity contribution < 1.29 is 8.42 Å². The topological polar surface area (TPSA) is 34.1 Å². The van der Waals surface area contributed by atoms with Crippen molar-refractivity contribution in [2.24, 2.45) is 0 Å². The summed E-state index contributed by atoms with van der Waals surface area (Å²) in [5.74, 6) is 0. The van der Waals surface area contributed by atoms with Crippen molar-refractivity contribution in [3.63, 3.8) is 0 Å². The van der Waals surface area contributed by atoms with Crippen LogP contribution in [0.15, 0.2) is 57.9 Å². The van der Waals surface area contributed by atoms with Crippen LogP contribution < -0.4 is 0 Å². The Morgan fingerprint density at radius 1 is 0.947 bits per heavy atom. The van der Waals surface area contributed by atoms with Gasteiger partial charge in [0, 0.05) is 4.47 Å². The predicted octanol–water partition coefficient (Wildman–Crippen LogP) is 4.29. The van der Waals surface area contributed by atoms with Gasteiger partial charge in [-0.1, -0.05) is 45.8 Å². The monoisotopic (exact) mass is 338 g/mol. The second-order valence-electron chi connectivity index (χ2n) is 4.55. The molecule has 2 aromatic carbocycles. The summed E-state index contributed by atoms with van der Waals surface area (Å²) >= 11 is 3.35. The van der Waals surface area contributed by atoms with Crippen molar-refractivity contribution in [1.82, 2.24) is 0 Å². The van der Waals surface area contributed by atoms with E-state index in [-0.39, 0.29) is 0 Å². The largest absolute Gasteiger partial charge is 0.223 e. The molecular weight excluding hydrogens is 324 g/mol. The quantitative estimate of drug-likeness (QED) is 0.836. The molecule has 0 saturated carbocycles. The van der Waals surface area contributed by atoms with Crippen molar-refractivity contribution >= 4 is 25.8 Å². The number of benzene rings is 2. The van der Waals surface area contributed by atoms with Crippen LogP contribution in [0.5, 0.6) is 0 Å². The molecule has 2 nitrogen and oxygen atoms in total. The zero-order valence-electron chi connectivity index (χ0n) is 10.8. The molecule has 0 aliphatic rings. The second-order valence-corrected chi connectivity index (χ2v) is 7.74. The molecule has 0 aliphatic carbocycles. The van der Waals surface area contributed by atoms with Crippen molar-refractivity contribution in [1.29, 1.82) is 0 Å². The molecule has 1 atom stereocenters. The number of aryl methyl sites for hydroxylation is 1. The lowest BCUT2D eigenvalue weighted by Gasteiger charge is -2.13. The Balaban J connectivity index is 2.39. The van der Waals surface area contributed by atoms with Crippen LogP contribution in [-0.2, 0) is 9.84 Å². The maximum atomic E-state index is 12.5. The van der Waals surface area contributed by atoms with Crippen molar-refractivity contribution in [3.05, 3.63) is 64.1 Å². The molecule has 0 radical (unpaired) electrons. The summed E-state index contributed by atoms with van der Waals surface area (Å²) in [5.41, 5.74) is 1.85. The first-order valence-electron chi connectivity index (χ1n) is 5.97. The SMILES string of the molecule is Cc1ccc(S(=O)(=O)C(C)c2ccc(Br)cc2)cc1. The molecule has 0 amide bonds. The van der Waals surface area contributed by atoms with Crippen molar-refractivity contribution in [3.8, 4) is 0 Å². The zero-order valence-corrected chi connectivity index (χ0v) is 13.2. The van der Waals surface area contributed by atoms with Crippen LogP contribution in [0.1, 0.15) is 23.3 Å². The standard InChI is InChI=1S/C15H15BrO2S/c1-11-3-9-15(10-4-11)19(17,18)12(2)13-5-7-14(16)8-6-13/h3-10,12H,1-2H3. The van der Waals surface area contributed by atoms with Crippen LogP contribution in [0.3, 0.4) is 0 Å². The minimum Gasteiger partial charge on any atom is -0.223 e. The summed E-state index contributed by atoms with van der Waals surface area (Å²) in [7, 11) is -3.34. The molecule has 2 aromatic rings. The Hall–Kier alpha value is -1.13. The Labute approximate surface area is 122 Å². The number of sulfone groups is 1. The van der Waals surface area contributed by atoms with Crippen LogP contribution in [0.4, 0.5) is 0 Å². The number of hydrogen-bond donors (Lipinski definition) is 0. The van der Waals surface area contributed by atoms with Gasteiger partial charge in [0.15, 0.2) is 9.84 Å². The molecule has 1 unspecified atom stereocenters. The Kier molecular flexibility index (Phi) is 4.11. The molecule has 2 rings (SSSR count). The number of halogens is 1. The molecule has 19 heavy (non-hydrogen) atoms. The lowest BCUT2D eigenvalue weighted by Crippen LogP contribution is -2.10. The Bertz CT molecular complexity index is 658. The molecule has 0 saturated heterocycles. The van der Waals surface area contributed by atoms with Crippen LogP contribution >= 0.6 is 15.9 Å². The van der Waals surface area contributed by atoms with Gasteiger partial charge in [-0.05, 0) is 43.7 Å². The lowest BCUT2D eigenvalue weighted by molar-refractivity contribution is 0.586. The summed E-state index contributed by atoms with van der Waals surface area (Å²) in [6, 6.07) is 14.4. The third-order valence-electron chi connectivity index (χ3n) is 3.15. The highest BCUT2D eigenvalue weighted by molar-refractivity contribution is 9.10. The Morgan fingerprint density at radius 2 is 1.47 bits per heavy atom. The van der Waals surface area contributed by atoms with Crippen LogP contribution in [0.25, 0.3) is 0 Å². The Morgan fingerprint density at radius 3 is 2.00 bits per heavy atom. The summed E-state index contributed by atoms with van der Waals surface area (Å²) in [6.07, 6.45) is 0. The average molecular weight is 339 g/mol. The molecule has 0 aromatic heterocycles. The molecular formula is C15H15BrO2S. The molecule has 0 N–H and O–H groups in total. The zero-order chi connectivity index (χ0) is 14.0. The van der Waals surface area contributed by atoms with E-state index in [1.54, 1.807) is 19.1 Å². The third-order valence-corrected chi connectivity index (χ3v) is 5.82. The summed E-state index contributed by atoms with van der Waals surface area (Å²) < 4.78 is 26.0. The van der Waals surface area contributed by atoms with Gasteiger partial charge < -0.3 is 0 Å². The molecule has 0 fully saturated rings.